The number of benzene rings is 12. The van der Waals surface area contributed by atoms with Crippen LogP contribution in [0.5, 0.6) is 0 Å². The number of nitrogens with zero attached hydrogens (tertiary/aromatic N) is 4. The average Bonchev–Trinajstić information content (AvgIpc) is 1.60. The minimum absolute atomic E-state index is 0.0663. The quantitative estimate of drug-likeness (QED) is 0.108. The van der Waals surface area contributed by atoms with Crippen molar-refractivity contribution in [3.8, 4) is 44.5 Å². The first-order valence-corrected chi connectivity index (χ1v) is 45.3. The predicted molar refractivity (Wildman–Crippen MR) is 536 cm³/mol. The molecule has 2 unspecified atom stereocenters. The summed E-state index contributed by atoms with van der Waals surface area (Å²) in [6.07, 6.45) is 3.33. The van der Waals surface area contributed by atoms with Gasteiger partial charge in [0.2, 0.25) is 0 Å². The van der Waals surface area contributed by atoms with Crippen LogP contribution in [0, 0.1) is 19.2 Å². The van der Waals surface area contributed by atoms with Crippen molar-refractivity contribution in [2.75, 3.05) is 19.6 Å². The van der Waals surface area contributed by atoms with Crippen molar-refractivity contribution in [1.29, 1.82) is 0 Å². The summed E-state index contributed by atoms with van der Waals surface area (Å²) in [5.41, 5.74) is 34.7. The lowest BCUT2D eigenvalue weighted by Crippen LogP contribution is -2.39. The molecule has 640 valence electrons. The van der Waals surface area contributed by atoms with Crippen molar-refractivity contribution in [2.45, 2.75) is 301 Å². The summed E-state index contributed by atoms with van der Waals surface area (Å²) in [5.74, 6) is -2.12. The highest BCUT2D eigenvalue weighted by atomic mass is 15.2. The number of fused-ring (bicyclic) bond motifs is 12. The van der Waals surface area contributed by atoms with Gasteiger partial charge in [-0.2, -0.15) is 0 Å². The van der Waals surface area contributed by atoms with Gasteiger partial charge in [-0.1, -0.05) is 281 Å². The average molecular weight is 1640 g/mol. The van der Waals surface area contributed by atoms with Crippen LogP contribution in [0.15, 0.2) is 249 Å². The van der Waals surface area contributed by atoms with Gasteiger partial charge in [0.25, 0.3) is 0 Å². The number of anilines is 8. The largest absolute Gasteiger partial charge is 0.338 e. The predicted octanol–water partition coefficient (Wildman–Crippen LogP) is 34.0. The minimum atomic E-state index is -2.22. The molecule has 0 heterocycles. The summed E-state index contributed by atoms with van der Waals surface area (Å²) in [5, 5.41) is 0. The van der Waals surface area contributed by atoms with Gasteiger partial charge in [0, 0.05) is 101 Å². The fourth-order valence-electron chi connectivity index (χ4n) is 20.9. The fraction of sp³-hybridized carbons (Fsp3) is 0.395. The van der Waals surface area contributed by atoms with Crippen LogP contribution in [-0.4, -0.2) is 22.7 Å². The van der Waals surface area contributed by atoms with E-state index < -0.39 is 24.5 Å². The number of aryl methyl sites for hydroxylation is 4. The van der Waals surface area contributed by atoms with Crippen molar-refractivity contribution < 1.29 is 11.0 Å². The zero-order valence-electron chi connectivity index (χ0n) is 87.5. The molecule has 0 radical (unpaired) electrons. The smallest absolute Gasteiger partial charge is 0.0454 e. The SMILES string of the molecule is [2H]C(C)(C)c1ccccc1N(c1cc2c(cc1C([2H])(C)C)-c1ccccc1C2(C)C)C(C)(C)C.[2H]C(C)c1ccccc1N(c1cc2c(cc1C([2H])C)-c1ccccc1C2(C)C)C(C)C.[2H]C([2H])([2H])c1cc2c(cc1N(c1ccccc1C)C(C)(C)C)C(C)(C)c1ccccc1-2.[2H]C1(c2cc3c(cc2N(c2ccccc2)C(C)(C)C)C(C)(C)c2ccccc2-3)CCC(C)(C)CC1. The van der Waals surface area contributed by atoms with Gasteiger partial charge < -0.3 is 19.6 Å². The third kappa shape index (κ3) is 16.6. The van der Waals surface area contributed by atoms with Crippen LogP contribution >= 0.6 is 0 Å². The lowest BCUT2D eigenvalue weighted by Gasteiger charge is -2.42. The molecule has 0 spiro atoms. The van der Waals surface area contributed by atoms with E-state index in [0.717, 1.165) is 98.8 Å². The maximum absolute atomic E-state index is 9.86. The monoisotopic (exact) mass is 1640 g/mol. The van der Waals surface area contributed by atoms with Gasteiger partial charge in [-0.3, -0.25) is 0 Å². The molecule has 5 aliphatic carbocycles. The number of hydrogen-bond acceptors (Lipinski definition) is 4. The molecule has 0 N–H and O–H groups in total. The Labute approximate surface area is 754 Å². The minimum Gasteiger partial charge on any atom is -0.338 e. The lowest BCUT2D eigenvalue weighted by atomic mass is 9.70. The molecule has 123 heavy (non-hydrogen) atoms. The van der Waals surface area contributed by atoms with E-state index in [1.54, 1.807) is 0 Å². The summed E-state index contributed by atoms with van der Waals surface area (Å²) in [6, 6.07) is 88.3. The van der Waals surface area contributed by atoms with E-state index in [1.165, 1.54) is 94.8 Å². The van der Waals surface area contributed by atoms with Gasteiger partial charge in [0.15, 0.2) is 0 Å². The summed E-state index contributed by atoms with van der Waals surface area (Å²) >= 11 is 0. The highest BCUT2D eigenvalue weighted by Crippen LogP contribution is 2.59. The van der Waals surface area contributed by atoms with E-state index in [-0.39, 0.29) is 57.1 Å². The standard InChI is InChI=1S/C33H41N.C31H39N.C28H33N.C27H31N/c1-31(2,3)34(24-13-9-8-10-14-24)30-22-29-27(25-15-11-12-16-28(25)33(29,6)7)21-26(30)23-17-19-32(4,5)20-18-23;1-20(2)22-14-11-13-17-28(22)32(30(5,6)7)29-19-27-25(18-24(29)21(3)4)23-15-10-12-16-26(23)31(27,8)9;1-7-20-13-9-12-16-26(20)29(19(3)4)27-18-25-23(17-21(27)8-2)22-14-10-11-15-24(22)28(25,5)6;1-18-12-8-11-15-24(18)28(26(3,4)5)25-17-23-21(16-19(25)2)20-13-9-10-14-22(20)27(23,6)7/h8-16,21-23H,17-20H2,1-7H3;10-21H,1-9H3;9-19H,7-8H2,1-6H3;8-17H,1-7H3/i23D;20D,21D;7D,8D;2D3. The first-order valence-electron chi connectivity index (χ1n) is 49.5. The molecule has 4 heteroatoms. The molecule has 12 aromatic rings. The Balaban J connectivity index is 0.000000141. The van der Waals surface area contributed by atoms with Crippen molar-refractivity contribution >= 4 is 45.5 Å². The summed E-state index contributed by atoms with van der Waals surface area (Å²) < 4.78 is 70.1. The van der Waals surface area contributed by atoms with Crippen LogP contribution in [0.3, 0.4) is 0 Å². The molecule has 2 atom stereocenters. The molecular formula is C119H144N4. The van der Waals surface area contributed by atoms with E-state index in [0.29, 0.717) is 11.0 Å². The van der Waals surface area contributed by atoms with E-state index >= 15 is 0 Å². The maximum atomic E-state index is 9.86. The molecule has 17 rings (SSSR count). The van der Waals surface area contributed by atoms with Gasteiger partial charge in [0.05, 0.1) is 0 Å². The van der Waals surface area contributed by atoms with Gasteiger partial charge in [-0.05, 0) is 358 Å². The first-order chi connectivity index (χ1) is 60.8. The molecule has 0 amide bonds. The maximum Gasteiger partial charge on any atom is 0.0454 e. The number of rotatable bonds is 14. The van der Waals surface area contributed by atoms with Crippen LogP contribution in [0.2, 0.25) is 0 Å². The van der Waals surface area contributed by atoms with Gasteiger partial charge >= 0.3 is 0 Å². The Morgan fingerprint density at radius 3 is 1.17 bits per heavy atom. The molecular weight excluding hydrogens is 1490 g/mol. The zero-order valence-corrected chi connectivity index (χ0v) is 79.5. The lowest BCUT2D eigenvalue weighted by molar-refractivity contribution is 0.224. The van der Waals surface area contributed by atoms with Crippen molar-refractivity contribution in [3.05, 3.63) is 332 Å². The van der Waals surface area contributed by atoms with Crippen LogP contribution in [0.25, 0.3) is 44.5 Å². The van der Waals surface area contributed by atoms with Gasteiger partial charge in [-0.25, -0.2) is 0 Å². The van der Waals surface area contributed by atoms with E-state index in [4.69, 9.17) is 9.60 Å². The number of para-hydroxylation sites is 4. The Hall–Kier alpha value is -10.2. The highest BCUT2D eigenvalue weighted by molar-refractivity contribution is 5.90. The Morgan fingerprint density at radius 1 is 0.350 bits per heavy atom. The van der Waals surface area contributed by atoms with Crippen LogP contribution in [0.1, 0.15) is 325 Å². The van der Waals surface area contributed by atoms with Gasteiger partial charge in [-0.15, -0.1) is 0 Å². The molecule has 12 aromatic carbocycles. The number of hydrogen-bond donors (Lipinski definition) is 0. The van der Waals surface area contributed by atoms with E-state index in [9.17, 15) is 1.37 Å². The Morgan fingerprint density at radius 2 is 0.724 bits per heavy atom. The molecule has 0 bridgehead atoms. The second kappa shape index (κ2) is 33.7. The van der Waals surface area contributed by atoms with Crippen molar-refractivity contribution in [2.24, 2.45) is 5.41 Å². The molecule has 5 aliphatic rings. The molecule has 1 saturated carbocycles. The van der Waals surface area contributed by atoms with Gasteiger partial charge in [0.1, 0.15) is 0 Å². The fourth-order valence-corrected chi connectivity index (χ4v) is 20.9. The summed E-state index contributed by atoms with van der Waals surface area (Å²) in [7, 11) is 0. The van der Waals surface area contributed by atoms with E-state index in [1.807, 2.05) is 84.0 Å². The third-order valence-corrected chi connectivity index (χ3v) is 27.3. The van der Waals surface area contributed by atoms with Crippen molar-refractivity contribution in [1.82, 2.24) is 0 Å². The van der Waals surface area contributed by atoms with Crippen LogP contribution in [0.4, 0.5) is 45.5 Å². The third-order valence-electron chi connectivity index (χ3n) is 27.3. The molecule has 0 aliphatic heterocycles. The normalized spacial score (nSPS) is 17.6. The second-order valence-electron chi connectivity index (χ2n) is 41.9. The van der Waals surface area contributed by atoms with Crippen LogP contribution in [-0.2, 0) is 34.5 Å². The zero-order chi connectivity index (χ0) is 95.8. The van der Waals surface area contributed by atoms with Crippen molar-refractivity contribution in [3.63, 3.8) is 0 Å². The second-order valence-corrected chi connectivity index (χ2v) is 41.9. The highest BCUT2D eigenvalue weighted by Gasteiger charge is 2.44. The Kier molecular flexibility index (Phi) is 21.6. The van der Waals surface area contributed by atoms with Crippen LogP contribution < -0.4 is 19.6 Å². The molecule has 0 saturated heterocycles. The molecule has 4 nitrogen and oxygen atoms in total. The topological polar surface area (TPSA) is 13.0 Å². The summed E-state index contributed by atoms with van der Waals surface area (Å²) in [4.78, 5) is 9.38. The Bertz CT molecular complexity index is 6250. The molecule has 1 fully saturated rings. The molecule has 0 aromatic heterocycles. The summed E-state index contributed by atoms with van der Waals surface area (Å²) in [6.45, 7) is 59.0. The van der Waals surface area contributed by atoms with E-state index in [2.05, 4.69) is 378 Å². The first kappa shape index (κ1) is 78.8.